The molecule has 0 saturated carbocycles. The van der Waals surface area contributed by atoms with E-state index < -0.39 is 5.82 Å². The monoisotopic (exact) mass is 382 g/mol. The maximum atomic E-state index is 13.1. The maximum absolute atomic E-state index is 13.1. The van der Waals surface area contributed by atoms with Crippen molar-refractivity contribution in [2.24, 2.45) is 0 Å². The van der Waals surface area contributed by atoms with Gasteiger partial charge in [-0.25, -0.2) is 9.37 Å². The molecule has 1 aliphatic heterocycles. The number of rotatable bonds is 4. The van der Waals surface area contributed by atoms with E-state index in [1.54, 1.807) is 10.7 Å². The number of halogens is 1. The van der Waals surface area contributed by atoms with Crippen LogP contribution in [0, 0.1) is 5.82 Å². The summed E-state index contributed by atoms with van der Waals surface area (Å²) in [7, 11) is 0. The molecule has 0 spiro atoms. The number of carbonyl (C=O) groups excluding carboxylic acids is 1. The van der Waals surface area contributed by atoms with Gasteiger partial charge in [0.2, 0.25) is 5.88 Å². The summed E-state index contributed by atoms with van der Waals surface area (Å²) in [4.78, 5) is 18.4. The Hall–Kier alpha value is -3.22. The molecule has 0 aliphatic carbocycles. The molecular weight excluding hydrogens is 359 g/mol. The maximum Gasteiger partial charge on any atom is 0.277 e. The number of benzene rings is 1. The van der Waals surface area contributed by atoms with Crippen molar-refractivity contribution in [2.45, 2.75) is 33.4 Å². The van der Waals surface area contributed by atoms with E-state index in [4.69, 9.17) is 4.74 Å². The summed E-state index contributed by atoms with van der Waals surface area (Å²) in [5.41, 5.74) is 1.45. The average Bonchev–Trinajstić information content (AvgIpc) is 3.18. The lowest BCUT2D eigenvalue weighted by Crippen LogP contribution is -2.42. The molecule has 28 heavy (non-hydrogen) atoms. The molecule has 2 aromatic heterocycles. The summed E-state index contributed by atoms with van der Waals surface area (Å²) < 4.78 is 20.5. The Morgan fingerprint density at radius 3 is 2.61 bits per heavy atom. The van der Waals surface area contributed by atoms with E-state index in [-0.39, 0.29) is 11.9 Å². The summed E-state index contributed by atoms with van der Waals surface area (Å²) in [5, 5.41) is 4.41. The van der Waals surface area contributed by atoms with Gasteiger partial charge >= 0.3 is 0 Å². The van der Waals surface area contributed by atoms with Gasteiger partial charge in [0.15, 0.2) is 0 Å². The van der Waals surface area contributed by atoms with Crippen LogP contribution in [0.4, 0.5) is 10.2 Å². The number of amides is 1. The van der Waals surface area contributed by atoms with Crippen LogP contribution in [0.5, 0.6) is 5.88 Å². The van der Waals surface area contributed by atoms with Crippen LogP contribution < -0.4 is 9.64 Å². The second-order valence-electron chi connectivity index (χ2n) is 6.19. The number of hydrogen-bond acceptors (Lipinski definition) is 4. The lowest BCUT2D eigenvalue weighted by molar-refractivity contribution is 0.0952. The van der Waals surface area contributed by atoms with Gasteiger partial charge in [-0.2, -0.15) is 0 Å². The second-order valence-corrected chi connectivity index (χ2v) is 6.19. The van der Waals surface area contributed by atoms with Crippen LogP contribution in [-0.4, -0.2) is 27.2 Å². The van der Waals surface area contributed by atoms with Crippen LogP contribution in [-0.2, 0) is 6.61 Å². The van der Waals surface area contributed by atoms with Gasteiger partial charge in [0, 0.05) is 12.6 Å². The van der Waals surface area contributed by atoms with Gasteiger partial charge < -0.3 is 4.74 Å². The normalized spacial score (nSPS) is 15.5. The predicted octanol–water partition coefficient (Wildman–Crippen LogP) is 4.24. The van der Waals surface area contributed by atoms with Gasteiger partial charge in [0.05, 0.1) is 12.2 Å². The first-order valence-electron chi connectivity index (χ1n) is 9.31. The molecule has 1 aromatic carbocycles. The zero-order chi connectivity index (χ0) is 20.1. The molecular formula is C21H23FN4O2. The van der Waals surface area contributed by atoms with Gasteiger partial charge in [0.25, 0.3) is 5.91 Å². The zero-order valence-corrected chi connectivity index (χ0v) is 16.2. The largest absolute Gasteiger partial charge is 0.472 e. The molecule has 6 nitrogen and oxygen atoms in total. The van der Waals surface area contributed by atoms with E-state index in [9.17, 15) is 9.18 Å². The Kier molecular flexibility index (Phi) is 6.03. The molecule has 1 aliphatic rings. The SMILES string of the molecule is CC.CC1CN(c2ccc(F)cn2)C(=O)c2cc(OCc3ccccc3)nn21. The van der Waals surface area contributed by atoms with E-state index in [0.29, 0.717) is 30.5 Å². The third-order valence-electron chi connectivity index (χ3n) is 4.26. The molecule has 0 radical (unpaired) electrons. The molecule has 7 heteroatoms. The number of anilines is 1. The fraction of sp³-hybridized carbons (Fsp3) is 0.286. The Bertz CT molecular complexity index is 925. The smallest absolute Gasteiger partial charge is 0.277 e. The highest BCUT2D eigenvalue weighted by molar-refractivity contribution is 6.05. The van der Waals surface area contributed by atoms with Crippen LogP contribution >= 0.6 is 0 Å². The number of fused-ring (bicyclic) bond motifs is 1. The highest BCUT2D eigenvalue weighted by atomic mass is 19.1. The third-order valence-corrected chi connectivity index (χ3v) is 4.26. The first kappa shape index (κ1) is 19.5. The number of aromatic nitrogens is 3. The number of carbonyl (C=O) groups is 1. The van der Waals surface area contributed by atoms with Crippen LogP contribution in [0.1, 0.15) is 42.9 Å². The molecule has 1 amide bonds. The lowest BCUT2D eigenvalue weighted by atomic mass is 10.2. The molecule has 0 fully saturated rings. The fourth-order valence-electron chi connectivity index (χ4n) is 2.96. The third kappa shape index (κ3) is 4.03. The summed E-state index contributed by atoms with van der Waals surface area (Å²) in [6.45, 7) is 6.74. The van der Waals surface area contributed by atoms with Crippen LogP contribution in [0.2, 0.25) is 0 Å². The lowest BCUT2D eigenvalue weighted by Gasteiger charge is -2.30. The van der Waals surface area contributed by atoms with Crippen LogP contribution in [0.15, 0.2) is 54.7 Å². The number of hydrogen-bond donors (Lipinski definition) is 0. The molecule has 1 unspecified atom stereocenters. The predicted molar refractivity (Wildman–Crippen MR) is 105 cm³/mol. The standard InChI is InChI=1S/C19H17FN4O2.C2H6/c1-13-11-23(17-8-7-15(20)10-21-17)19(25)16-9-18(22-24(13)16)26-12-14-5-3-2-4-6-14;1-2/h2-10,13H,11-12H2,1H3;1-2H3. The van der Waals surface area contributed by atoms with Crippen molar-refractivity contribution in [2.75, 3.05) is 11.4 Å². The van der Waals surface area contributed by atoms with Crippen molar-refractivity contribution in [1.82, 2.24) is 14.8 Å². The minimum atomic E-state index is -0.437. The van der Waals surface area contributed by atoms with Crippen molar-refractivity contribution in [3.05, 3.63) is 71.8 Å². The molecule has 0 bridgehead atoms. The van der Waals surface area contributed by atoms with E-state index in [0.717, 1.165) is 11.8 Å². The van der Waals surface area contributed by atoms with Gasteiger partial charge in [0.1, 0.15) is 23.9 Å². The summed E-state index contributed by atoms with van der Waals surface area (Å²) in [6, 6.07) is 14.1. The van der Waals surface area contributed by atoms with Crippen LogP contribution in [0.3, 0.4) is 0 Å². The Morgan fingerprint density at radius 2 is 1.93 bits per heavy atom. The molecule has 1 atom stereocenters. The van der Waals surface area contributed by atoms with Crippen molar-refractivity contribution in [3.63, 3.8) is 0 Å². The second kappa shape index (κ2) is 8.65. The van der Waals surface area contributed by atoms with Crippen molar-refractivity contribution >= 4 is 11.7 Å². The first-order chi connectivity index (χ1) is 13.6. The highest BCUT2D eigenvalue weighted by Gasteiger charge is 2.32. The van der Waals surface area contributed by atoms with E-state index in [1.807, 2.05) is 51.1 Å². The minimum absolute atomic E-state index is 0.0522. The van der Waals surface area contributed by atoms with Crippen molar-refractivity contribution in [3.8, 4) is 5.88 Å². The average molecular weight is 382 g/mol. The van der Waals surface area contributed by atoms with Gasteiger partial charge in [-0.1, -0.05) is 44.2 Å². The van der Waals surface area contributed by atoms with Gasteiger partial charge in [-0.05, 0) is 24.6 Å². The Balaban J connectivity index is 0.00000109. The topological polar surface area (TPSA) is 60.3 Å². The number of pyridine rings is 1. The quantitative estimate of drug-likeness (QED) is 0.677. The molecule has 146 valence electrons. The zero-order valence-electron chi connectivity index (χ0n) is 16.2. The molecule has 3 heterocycles. The van der Waals surface area contributed by atoms with E-state index >= 15 is 0 Å². The Labute approximate surface area is 163 Å². The molecule has 0 N–H and O–H groups in total. The number of ether oxygens (including phenoxy) is 1. The first-order valence-corrected chi connectivity index (χ1v) is 9.31. The Morgan fingerprint density at radius 1 is 1.18 bits per heavy atom. The number of nitrogens with zero attached hydrogens (tertiary/aromatic N) is 4. The molecule has 3 aromatic rings. The van der Waals surface area contributed by atoms with E-state index in [2.05, 4.69) is 10.1 Å². The van der Waals surface area contributed by atoms with Crippen LogP contribution in [0.25, 0.3) is 0 Å². The van der Waals surface area contributed by atoms with Gasteiger partial charge in [-0.3, -0.25) is 14.4 Å². The fourth-order valence-corrected chi connectivity index (χ4v) is 2.96. The van der Waals surface area contributed by atoms with E-state index in [1.165, 1.54) is 17.0 Å². The van der Waals surface area contributed by atoms with Gasteiger partial charge in [-0.15, -0.1) is 5.10 Å². The molecule has 0 saturated heterocycles. The van der Waals surface area contributed by atoms with Crippen molar-refractivity contribution in [1.29, 1.82) is 0 Å². The highest BCUT2D eigenvalue weighted by Crippen LogP contribution is 2.27. The minimum Gasteiger partial charge on any atom is -0.472 e. The molecule has 4 rings (SSSR count). The summed E-state index contributed by atoms with van der Waals surface area (Å²) >= 11 is 0. The summed E-state index contributed by atoms with van der Waals surface area (Å²) in [5.74, 6) is 0.151. The summed E-state index contributed by atoms with van der Waals surface area (Å²) in [6.07, 6.45) is 1.10. The van der Waals surface area contributed by atoms with Crippen molar-refractivity contribution < 1.29 is 13.9 Å².